The number of hydrogen-bond acceptors (Lipinski definition) is 2. The minimum atomic E-state index is -1.29. The number of benzene rings is 1. The highest BCUT2D eigenvalue weighted by Gasteiger charge is 2.05. The maximum atomic E-state index is 12.7. The summed E-state index contributed by atoms with van der Waals surface area (Å²) in [6.45, 7) is 0. The molecule has 0 saturated heterocycles. The van der Waals surface area contributed by atoms with Crippen molar-refractivity contribution in [2.45, 2.75) is 0 Å². The molecule has 0 aliphatic rings. The van der Waals surface area contributed by atoms with Crippen LogP contribution in [0.5, 0.6) is 0 Å². The van der Waals surface area contributed by atoms with Gasteiger partial charge in [-0.25, -0.2) is 9.18 Å². The third-order valence-corrected chi connectivity index (χ3v) is 1.60. The molecular weight excluding hydrogens is 201 g/mol. The van der Waals surface area contributed by atoms with Crippen LogP contribution in [0, 0.1) is 5.82 Å². The Hall–Kier alpha value is -2.17. The van der Waals surface area contributed by atoms with E-state index in [2.05, 4.69) is 0 Å². The van der Waals surface area contributed by atoms with Gasteiger partial charge in [-0.15, -0.1) is 0 Å². The molecule has 4 nitrogen and oxygen atoms in total. The Morgan fingerprint density at radius 1 is 1.47 bits per heavy atom. The molecule has 0 unspecified atom stereocenters. The van der Waals surface area contributed by atoms with Crippen molar-refractivity contribution in [1.29, 1.82) is 0 Å². The van der Waals surface area contributed by atoms with Crippen molar-refractivity contribution >= 4 is 18.5 Å². The summed E-state index contributed by atoms with van der Waals surface area (Å²) in [4.78, 5) is 20.7. The van der Waals surface area contributed by atoms with Crippen LogP contribution >= 0.6 is 0 Å². The van der Waals surface area contributed by atoms with Gasteiger partial charge in [0.2, 0.25) is 6.41 Å². The Morgan fingerprint density at radius 3 is 2.73 bits per heavy atom. The van der Waals surface area contributed by atoms with Crippen LogP contribution in [0.15, 0.2) is 30.0 Å². The zero-order chi connectivity index (χ0) is 11.3. The van der Waals surface area contributed by atoms with Crippen molar-refractivity contribution in [3.05, 3.63) is 41.3 Å². The molecule has 2 N–H and O–H groups in total. The van der Waals surface area contributed by atoms with E-state index in [1.807, 2.05) is 5.32 Å². The highest BCUT2D eigenvalue weighted by Crippen LogP contribution is 2.07. The molecule has 0 fully saturated rings. The van der Waals surface area contributed by atoms with Crippen LogP contribution in [0.2, 0.25) is 0 Å². The molecule has 1 rings (SSSR count). The SMILES string of the molecule is O=CN/C(=C\c1cccc(F)c1)C(=O)O. The molecule has 78 valence electrons. The Balaban J connectivity index is 3.01. The number of hydrogen-bond donors (Lipinski definition) is 2. The first kappa shape index (κ1) is 10.9. The smallest absolute Gasteiger partial charge is 0.352 e. The summed E-state index contributed by atoms with van der Waals surface area (Å²) in [6.07, 6.45) is 1.42. The quantitative estimate of drug-likeness (QED) is 0.574. The van der Waals surface area contributed by atoms with E-state index in [0.29, 0.717) is 5.56 Å². The Labute approximate surface area is 85.0 Å². The van der Waals surface area contributed by atoms with Gasteiger partial charge in [0.25, 0.3) is 0 Å². The normalized spacial score (nSPS) is 10.9. The summed E-state index contributed by atoms with van der Waals surface area (Å²) < 4.78 is 12.7. The van der Waals surface area contributed by atoms with E-state index in [4.69, 9.17) is 5.11 Å². The van der Waals surface area contributed by atoms with E-state index < -0.39 is 11.8 Å². The van der Waals surface area contributed by atoms with Crippen LogP contribution in [0.3, 0.4) is 0 Å². The zero-order valence-corrected chi connectivity index (χ0v) is 7.61. The number of carbonyl (C=O) groups excluding carboxylic acids is 1. The molecule has 5 heteroatoms. The van der Waals surface area contributed by atoms with Gasteiger partial charge in [-0.1, -0.05) is 12.1 Å². The maximum absolute atomic E-state index is 12.7. The van der Waals surface area contributed by atoms with Crippen molar-refractivity contribution in [3.63, 3.8) is 0 Å². The Bertz CT molecular complexity index is 415. The number of halogens is 1. The van der Waals surface area contributed by atoms with Crippen LogP contribution in [0.4, 0.5) is 4.39 Å². The molecule has 0 saturated carbocycles. The highest BCUT2D eigenvalue weighted by atomic mass is 19.1. The monoisotopic (exact) mass is 209 g/mol. The Kier molecular flexibility index (Phi) is 3.56. The van der Waals surface area contributed by atoms with E-state index >= 15 is 0 Å². The van der Waals surface area contributed by atoms with E-state index in [1.165, 1.54) is 24.3 Å². The lowest BCUT2D eigenvalue weighted by Crippen LogP contribution is -2.17. The second kappa shape index (κ2) is 4.90. The van der Waals surface area contributed by atoms with E-state index in [0.717, 1.165) is 6.07 Å². The molecule has 0 aromatic heterocycles. The van der Waals surface area contributed by atoms with Crippen LogP contribution in [0.25, 0.3) is 6.08 Å². The third kappa shape index (κ3) is 3.22. The summed E-state index contributed by atoms with van der Waals surface area (Å²) in [5.41, 5.74) is 0.0531. The maximum Gasteiger partial charge on any atom is 0.352 e. The van der Waals surface area contributed by atoms with Gasteiger partial charge in [-0.2, -0.15) is 0 Å². The molecule has 0 aliphatic carbocycles. The molecule has 0 spiro atoms. The average molecular weight is 209 g/mol. The summed E-state index contributed by atoms with van der Waals surface area (Å²) in [7, 11) is 0. The third-order valence-electron chi connectivity index (χ3n) is 1.60. The second-order valence-electron chi connectivity index (χ2n) is 2.68. The van der Waals surface area contributed by atoms with E-state index in [1.54, 1.807) is 0 Å². The van der Waals surface area contributed by atoms with Gasteiger partial charge in [-0.05, 0) is 23.8 Å². The van der Waals surface area contributed by atoms with E-state index in [-0.39, 0.29) is 12.1 Å². The van der Waals surface area contributed by atoms with Gasteiger partial charge in [0.05, 0.1) is 0 Å². The molecule has 1 aromatic carbocycles. The fourth-order valence-corrected chi connectivity index (χ4v) is 0.992. The lowest BCUT2D eigenvalue weighted by atomic mass is 10.2. The molecule has 0 bridgehead atoms. The largest absolute Gasteiger partial charge is 0.477 e. The second-order valence-corrected chi connectivity index (χ2v) is 2.68. The lowest BCUT2D eigenvalue weighted by Gasteiger charge is -1.99. The molecule has 0 atom stereocenters. The first-order valence-corrected chi connectivity index (χ1v) is 4.04. The van der Waals surface area contributed by atoms with Crippen molar-refractivity contribution in [2.24, 2.45) is 0 Å². The molecule has 1 aromatic rings. The van der Waals surface area contributed by atoms with Crippen molar-refractivity contribution < 1.29 is 19.1 Å². The summed E-state index contributed by atoms with van der Waals surface area (Å²) in [6, 6.07) is 5.38. The molecule has 15 heavy (non-hydrogen) atoms. The first-order chi connectivity index (χ1) is 7.13. The number of rotatable bonds is 4. The van der Waals surface area contributed by atoms with Crippen LogP contribution < -0.4 is 5.32 Å². The summed E-state index contributed by atoms with van der Waals surface area (Å²) in [5.74, 6) is -1.76. The standard InChI is InChI=1S/C10H8FNO3/c11-8-3-1-2-7(4-8)5-9(10(14)15)12-6-13/h1-6H,(H,12,13)(H,14,15)/b9-5-. The van der Waals surface area contributed by atoms with Crippen LogP contribution in [-0.2, 0) is 9.59 Å². The number of amides is 1. The van der Waals surface area contributed by atoms with Gasteiger partial charge >= 0.3 is 5.97 Å². The summed E-state index contributed by atoms with van der Waals surface area (Å²) in [5, 5.41) is 10.7. The minimum Gasteiger partial charge on any atom is -0.477 e. The van der Waals surface area contributed by atoms with Crippen molar-refractivity contribution in [1.82, 2.24) is 5.32 Å². The van der Waals surface area contributed by atoms with Gasteiger partial charge in [0.15, 0.2) is 0 Å². The van der Waals surface area contributed by atoms with Gasteiger partial charge < -0.3 is 10.4 Å². The van der Waals surface area contributed by atoms with Crippen LogP contribution in [-0.4, -0.2) is 17.5 Å². The lowest BCUT2D eigenvalue weighted by molar-refractivity contribution is -0.133. The number of carbonyl (C=O) groups is 2. The molecular formula is C10H8FNO3. The molecule has 1 amide bonds. The fourth-order valence-electron chi connectivity index (χ4n) is 0.992. The fraction of sp³-hybridized carbons (Fsp3) is 0. The Morgan fingerprint density at radius 2 is 2.20 bits per heavy atom. The van der Waals surface area contributed by atoms with Gasteiger partial charge in [-0.3, -0.25) is 4.79 Å². The number of aliphatic carboxylic acids is 1. The van der Waals surface area contributed by atoms with Crippen molar-refractivity contribution in [2.75, 3.05) is 0 Å². The molecule has 0 heterocycles. The number of nitrogens with one attached hydrogen (secondary N) is 1. The molecule has 0 aliphatic heterocycles. The van der Waals surface area contributed by atoms with E-state index in [9.17, 15) is 14.0 Å². The predicted molar refractivity (Wildman–Crippen MR) is 51.2 cm³/mol. The minimum absolute atomic E-state index is 0.249. The van der Waals surface area contributed by atoms with Gasteiger partial charge in [0.1, 0.15) is 11.5 Å². The van der Waals surface area contributed by atoms with Crippen molar-refractivity contribution in [3.8, 4) is 0 Å². The average Bonchev–Trinajstić information content (AvgIpc) is 2.17. The number of carboxylic acids is 1. The topological polar surface area (TPSA) is 66.4 Å². The van der Waals surface area contributed by atoms with Crippen LogP contribution in [0.1, 0.15) is 5.56 Å². The molecule has 0 radical (unpaired) electrons. The van der Waals surface area contributed by atoms with Gasteiger partial charge in [0, 0.05) is 0 Å². The summed E-state index contributed by atoms with van der Waals surface area (Å²) >= 11 is 0. The number of carboxylic acid groups (broad SMARTS) is 1. The first-order valence-electron chi connectivity index (χ1n) is 4.04. The zero-order valence-electron chi connectivity index (χ0n) is 7.61. The highest BCUT2D eigenvalue weighted by molar-refractivity contribution is 5.93. The predicted octanol–water partition coefficient (Wildman–Crippen LogP) is 0.997.